The molecule has 0 radical (unpaired) electrons. The molecule has 0 saturated heterocycles. The fourth-order valence-corrected chi connectivity index (χ4v) is 3.80. The van der Waals surface area contributed by atoms with Crippen molar-refractivity contribution < 1.29 is 23.8 Å². The van der Waals surface area contributed by atoms with Crippen LogP contribution in [0.4, 0.5) is 11.4 Å². The van der Waals surface area contributed by atoms with Crippen molar-refractivity contribution in [3.8, 4) is 17.2 Å². The number of benzene rings is 3. The number of ether oxygens (including phenoxy) is 3. The standard InChI is InChI=1S/C24H22N2O5S/c1-2-29-17-8-10-18(11-9-17)32-14-23(27)26-20-6-4-3-5-19(20)24(28)25-16-7-12-21-22(13-16)31-15-30-21/h3-13H,2,14-15H2,1H3,(H,25,28)(H,26,27). The van der Waals surface area contributed by atoms with Gasteiger partial charge in [0.15, 0.2) is 11.5 Å². The van der Waals surface area contributed by atoms with E-state index in [1.165, 1.54) is 11.8 Å². The minimum Gasteiger partial charge on any atom is -0.494 e. The fraction of sp³-hybridized carbons (Fsp3) is 0.167. The van der Waals surface area contributed by atoms with Gasteiger partial charge < -0.3 is 24.8 Å². The number of para-hydroxylation sites is 1. The molecule has 3 aromatic carbocycles. The normalized spacial score (nSPS) is 11.7. The largest absolute Gasteiger partial charge is 0.494 e. The number of thioether (sulfide) groups is 1. The lowest BCUT2D eigenvalue weighted by Gasteiger charge is -2.12. The van der Waals surface area contributed by atoms with Crippen LogP contribution in [0.2, 0.25) is 0 Å². The van der Waals surface area contributed by atoms with E-state index in [9.17, 15) is 9.59 Å². The molecular weight excluding hydrogens is 428 g/mol. The molecule has 4 rings (SSSR count). The molecule has 0 aromatic heterocycles. The van der Waals surface area contributed by atoms with E-state index in [0.717, 1.165) is 10.6 Å². The van der Waals surface area contributed by atoms with Crippen LogP contribution in [0.3, 0.4) is 0 Å². The summed E-state index contributed by atoms with van der Waals surface area (Å²) >= 11 is 1.41. The maximum Gasteiger partial charge on any atom is 0.257 e. The van der Waals surface area contributed by atoms with Crippen molar-refractivity contribution in [3.63, 3.8) is 0 Å². The Bertz CT molecular complexity index is 1120. The SMILES string of the molecule is CCOc1ccc(SCC(=O)Nc2ccccc2C(=O)Nc2ccc3c(c2)OCO3)cc1. The van der Waals surface area contributed by atoms with Crippen LogP contribution in [0.1, 0.15) is 17.3 Å². The number of hydrogen-bond donors (Lipinski definition) is 2. The van der Waals surface area contributed by atoms with Crippen LogP contribution in [0.15, 0.2) is 71.6 Å². The van der Waals surface area contributed by atoms with Crippen molar-refractivity contribution in [1.29, 1.82) is 0 Å². The second-order valence-electron chi connectivity index (χ2n) is 6.81. The van der Waals surface area contributed by atoms with Crippen molar-refractivity contribution in [1.82, 2.24) is 0 Å². The summed E-state index contributed by atoms with van der Waals surface area (Å²) in [6.45, 7) is 2.70. The molecule has 0 spiro atoms. The quantitative estimate of drug-likeness (QED) is 0.480. The Morgan fingerprint density at radius 2 is 1.75 bits per heavy atom. The number of hydrogen-bond acceptors (Lipinski definition) is 6. The van der Waals surface area contributed by atoms with Crippen LogP contribution in [0.25, 0.3) is 0 Å². The lowest BCUT2D eigenvalue weighted by Crippen LogP contribution is -2.19. The molecule has 0 unspecified atom stereocenters. The van der Waals surface area contributed by atoms with Gasteiger partial charge in [-0.05, 0) is 55.5 Å². The Balaban J connectivity index is 1.37. The Kier molecular flexibility index (Phi) is 6.81. The molecule has 2 N–H and O–H groups in total. The summed E-state index contributed by atoms with van der Waals surface area (Å²) in [5, 5.41) is 5.66. The molecule has 0 saturated carbocycles. The van der Waals surface area contributed by atoms with Crippen LogP contribution in [-0.2, 0) is 4.79 Å². The van der Waals surface area contributed by atoms with Gasteiger partial charge in [0.25, 0.3) is 5.91 Å². The van der Waals surface area contributed by atoms with Crippen LogP contribution in [0, 0.1) is 0 Å². The molecule has 7 nitrogen and oxygen atoms in total. The van der Waals surface area contributed by atoms with E-state index in [1.54, 1.807) is 42.5 Å². The van der Waals surface area contributed by atoms with Crippen LogP contribution in [-0.4, -0.2) is 31.0 Å². The molecule has 0 aliphatic carbocycles. The zero-order valence-corrected chi connectivity index (χ0v) is 18.2. The van der Waals surface area contributed by atoms with Gasteiger partial charge >= 0.3 is 0 Å². The second kappa shape index (κ2) is 10.1. The van der Waals surface area contributed by atoms with E-state index in [2.05, 4.69) is 10.6 Å². The monoisotopic (exact) mass is 450 g/mol. The highest BCUT2D eigenvalue weighted by Crippen LogP contribution is 2.34. The van der Waals surface area contributed by atoms with Gasteiger partial charge in [-0.2, -0.15) is 0 Å². The van der Waals surface area contributed by atoms with E-state index >= 15 is 0 Å². The first-order chi connectivity index (χ1) is 15.6. The smallest absolute Gasteiger partial charge is 0.257 e. The van der Waals surface area contributed by atoms with Crippen LogP contribution < -0.4 is 24.8 Å². The van der Waals surface area contributed by atoms with E-state index in [-0.39, 0.29) is 24.4 Å². The molecular formula is C24H22N2O5S. The summed E-state index contributed by atoms with van der Waals surface area (Å²) in [6.07, 6.45) is 0. The molecule has 1 heterocycles. The van der Waals surface area contributed by atoms with Crippen LogP contribution >= 0.6 is 11.8 Å². The first-order valence-corrected chi connectivity index (χ1v) is 11.1. The zero-order chi connectivity index (χ0) is 22.3. The van der Waals surface area contributed by atoms with Gasteiger partial charge in [0.05, 0.1) is 23.6 Å². The summed E-state index contributed by atoms with van der Waals surface area (Å²) in [6, 6.07) is 19.6. The molecule has 3 aromatic rings. The maximum atomic E-state index is 12.8. The molecule has 164 valence electrons. The molecule has 0 bridgehead atoms. The van der Waals surface area contributed by atoms with Crippen molar-refractivity contribution in [2.24, 2.45) is 0 Å². The number of amides is 2. The molecule has 8 heteroatoms. The maximum absolute atomic E-state index is 12.8. The van der Waals surface area contributed by atoms with Crippen LogP contribution in [0.5, 0.6) is 17.2 Å². The predicted molar refractivity (Wildman–Crippen MR) is 124 cm³/mol. The van der Waals surface area contributed by atoms with E-state index in [4.69, 9.17) is 14.2 Å². The Morgan fingerprint density at radius 1 is 0.969 bits per heavy atom. The second-order valence-corrected chi connectivity index (χ2v) is 7.86. The number of fused-ring (bicyclic) bond motifs is 1. The molecule has 1 aliphatic rings. The molecule has 32 heavy (non-hydrogen) atoms. The van der Waals surface area contributed by atoms with Gasteiger partial charge in [-0.1, -0.05) is 12.1 Å². The first kappa shape index (κ1) is 21.6. The summed E-state index contributed by atoms with van der Waals surface area (Å²) in [5.41, 5.74) is 1.39. The van der Waals surface area contributed by atoms with Crippen molar-refractivity contribution in [2.75, 3.05) is 29.8 Å². The highest BCUT2D eigenvalue weighted by Gasteiger charge is 2.17. The van der Waals surface area contributed by atoms with Gasteiger partial charge in [0, 0.05) is 16.6 Å². The Hall–Kier alpha value is -3.65. The lowest BCUT2D eigenvalue weighted by molar-refractivity contribution is -0.113. The van der Waals surface area contributed by atoms with Gasteiger partial charge in [0.1, 0.15) is 5.75 Å². The van der Waals surface area contributed by atoms with Crippen molar-refractivity contribution in [2.45, 2.75) is 11.8 Å². The number of carbonyl (C=O) groups excluding carboxylic acids is 2. The average molecular weight is 451 g/mol. The van der Waals surface area contributed by atoms with Gasteiger partial charge in [-0.25, -0.2) is 0 Å². The molecule has 2 amide bonds. The van der Waals surface area contributed by atoms with E-state index in [0.29, 0.717) is 35.0 Å². The Morgan fingerprint density at radius 3 is 2.56 bits per heavy atom. The number of nitrogens with one attached hydrogen (secondary N) is 2. The molecule has 0 fully saturated rings. The van der Waals surface area contributed by atoms with Gasteiger partial charge in [-0.3, -0.25) is 9.59 Å². The van der Waals surface area contributed by atoms with Gasteiger partial charge in [-0.15, -0.1) is 11.8 Å². The summed E-state index contributed by atoms with van der Waals surface area (Å²) in [7, 11) is 0. The third kappa shape index (κ3) is 5.33. The Labute approximate surface area is 190 Å². The van der Waals surface area contributed by atoms with E-state index in [1.807, 2.05) is 31.2 Å². The van der Waals surface area contributed by atoms with Crippen molar-refractivity contribution in [3.05, 3.63) is 72.3 Å². The number of anilines is 2. The number of carbonyl (C=O) groups is 2. The third-order valence-corrected chi connectivity index (χ3v) is 5.59. The van der Waals surface area contributed by atoms with E-state index < -0.39 is 0 Å². The summed E-state index contributed by atoms with van der Waals surface area (Å²) in [4.78, 5) is 26.3. The minimum atomic E-state index is -0.334. The third-order valence-electron chi connectivity index (χ3n) is 4.58. The predicted octanol–water partition coefficient (Wildman–Crippen LogP) is 4.80. The number of rotatable bonds is 8. The lowest BCUT2D eigenvalue weighted by atomic mass is 10.1. The molecule has 1 aliphatic heterocycles. The average Bonchev–Trinajstić information content (AvgIpc) is 3.27. The summed E-state index contributed by atoms with van der Waals surface area (Å²) in [5.74, 6) is 1.69. The highest BCUT2D eigenvalue weighted by molar-refractivity contribution is 8.00. The van der Waals surface area contributed by atoms with Crippen molar-refractivity contribution >= 4 is 35.0 Å². The topological polar surface area (TPSA) is 85.9 Å². The summed E-state index contributed by atoms with van der Waals surface area (Å²) < 4.78 is 16.1. The highest BCUT2D eigenvalue weighted by atomic mass is 32.2. The first-order valence-electron chi connectivity index (χ1n) is 10.1. The zero-order valence-electron chi connectivity index (χ0n) is 17.4. The van der Waals surface area contributed by atoms with Gasteiger partial charge in [0.2, 0.25) is 12.7 Å². The minimum absolute atomic E-state index is 0.163. The fourth-order valence-electron chi connectivity index (χ4n) is 3.10. The molecule has 0 atom stereocenters.